The molecule has 1 unspecified atom stereocenters. The number of halogens is 1. The highest BCUT2D eigenvalue weighted by molar-refractivity contribution is 5.96. The van der Waals surface area contributed by atoms with Crippen LogP contribution in [0.4, 0.5) is 4.39 Å². The van der Waals surface area contributed by atoms with Gasteiger partial charge in [-0.05, 0) is 45.0 Å². The molecule has 1 aromatic heterocycles. The molecule has 3 rings (SSSR count). The lowest BCUT2D eigenvalue weighted by Gasteiger charge is -2.15. The molecule has 2 aromatic carbocycles. The summed E-state index contributed by atoms with van der Waals surface area (Å²) in [4.78, 5) is 24.6. The molecular weight excluding hydrogens is 375 g/mol. The first-order valence-electron chi connectivity index (χ1n) is 9.00. The van der Waals surface area contributed by atoms with E-state index in [1.165, 1.54) is 31.3 Å². The topological polar surface area (TPSA) is 85.3 Å². The van der Waals surface area contributed by atoms with Crippen molar-refractivity contribution in [2.75, 3.05) is 0 Å². The fourth-order valence-corrected chi connectivity index (χ4v) is 2.65. The van der Waals surface area contributed by atoms with Gasteiger partial charge in [0.1, 0.15) is 0 Å². The van der Waals surface area contributed by atoms with E-state index in [0.717, 1.165) is 11.3 Å². The first-order valence-corrected chi connectivity index (χ1v) is 9.00. The van der Waals surface area contributed by atoms with Gasteiger partial charge in [0, 0.05) is 0 Å². The van der Waals surface area contributed by atoms with E-state index in [9.17, 15) is 14.0 Å². The Balaban J connectivity index is 1.61. The highest BCUT2D eigenvalue weighted by Gasteiger charge is 2.19. The van der Waals surface area contributed by atoms with Gasteiger partial charge in [0.25, 0.3) is 11.8 Å². The molecule has 0 spiro atoms. The largest absolute Gasteiger partial charge is 0.478 e. The molecule has 7 nitrogen and oxygen atoms in total. The van der Waals surface area contributed by atoms with Crippen molar-refractivity contribution in [3.8, 4) is 11.4 Å². The number of nitrogens with zero attached hydrogens (tertiary/aromatic N) is 2. The van der Waals surface area contributed by atoms with Crippen LogP contribution in [0.2, 0.25) is 0 Å². The van der Waals surface area contributed by atoms with Gasteiger partial charge >= 0.3 is 0 Å². The second-order valence-corrected chi connectivity index (χ2v) is 6.52. The number of benzene rings is 2. The van der Waals surface area contributed by atoms with Gasteiger partial charge in [0.15, 0.2) is 17.7 Å². The third kappa shape index (κ3) is 4.60. The van der Waals surface area contributed by atoms with Crippen LogP contribution in [-0.4, -0.2) is 27.7 Å². The van der Waals surface area contributed by atoms with Gasteiger partial charge < -0.3 is 4.74 Å². The minimum atomic E-state index is -1.01. The molecule has 0 radical (unpaired) electrons. The second-order valence-electron chi connectivity index (χ2n) is 6.52. The van der Waals surface area contributed by atoms with Gasteiger partial charge in [0.05, 0.1) is 23.1 Å². The number of hydrogen-bond acceptors (Lipinski definition) is 4. The number of carbonyl (C=O) groups is 2. The summed E-state index contributed by atoms with van der Waals surface area (Å²) in [5, 5.41) is 4.24. The summed E-state index contributed by atoms with van der Waals surface area (Å²) in [5.74, 6) is -1.76. The van der Waals surface area contributed by atoms with Gasteiger partial charge in [-0.15, -0.1) is 0 Å². The van der Waals surface area contributed by atoms with Crippen molar-refractivity contribution in [2.24, 2.45) is 0 Å². The Morgan fingerprint density at radius 3 is 2.45 bits per heavy atom. The molecule has 150 valence electrons. The number of rotatable bonds is 5. The smallest absolute Gasteiger partial charge is 0.279 e. The molecule has 1 heterocycles. The SMILES string of the molecule is Cc1ccc(-n2ncc(C(=O)NNC(=O)C(C)Oc3ccccc3F)c2C)cc1. The van der Waals surface area contributed by atoms with Crippen LogP contribution in [0, 0.1) is 19.7 Å². The minimum absolute atomic E-state index is 0.0447. The van der Waals surface area contributed by atoms with Crippen LogP contribution in [0.15, 0.2) is 54.7 Å². The number of para-hydroxylation sites is 1. The molecule has 2 N–H and O–H groups in total. The highest BCUT2D eigenvalue weighted by Crippen LogP contribution is 2.17. The van der Waals surface area contributed by atoms with Crippen LogP contribution in [0.5, 0.6) is 5.75 Å². The number of aromatic nitrogens is 2. The lowest BCUT2D eigenvalue weighted by atomic mass is 10.2. The van der Waals surface area contributed by atoms with E-state index in [2.05, 4.69) is 16.0 Å². The number of nitrogens with one attached hydrogen (secondary N) is 2. The second kappa shape index (κ2) is 8.55. The maximum Gasteiger partial charge on any atom is 0.279 e. The van der Waals surface area contributed by atoms with Crippen molar-refractivity contribution in [3.05, 3.63) is 77.4 Å². The highest BCUT2D eigenvalue weighted by atomic mass is 19.1. The summed E-state index contributed by atoms with van der Waals surface area (Å²) in [7, 11) is 0. The van der Waals surface area contributed by atoms with Crippen molar-refractivity contribution < 1.29 is 18.7 Å². The first kappa shape index (κ1) is 20.1. The average Bonchev–Trinajstić information content (AvgIpc) is 3.09. The molecule has 0 bridgehead atoms. The first-order chi connectivity index (χ1) is 13.9. The third-order valence-corrected chi connectivity index (χ3v) is 4.34. The number of hydrazine groups is 1. The third-order valence-electron chi connectivity index (χ3n) is 4.34. The molecule has 0 aliphatic carbocycles. The van der Waals surface area contributed by atoms with Crippen molar-refractivity contribution in [1.29, 1.82) is 0 Å². The molecule has 0 aliphatic heterocycles. The lowest BCUT2D eigenvalue weighted by molar-refractivity contribution is -0.128. The summed E-state index contributed by atoms with van der Waals surface area (Å²) < 4.78 is 20.5. The van der Waals surface area contributed by atoms with Gasteiger partial charge in [-0.25, -0.2) is 9.07 Å². The van der Waals surface area contributed by atoms with Crippen LogP contribution in [0.3, 0.4) is 0 Å². The summed E-state index contributed by atoms with van der Waals surface area (Å²) in [6.45, 7) is 5.19. The van der Waals surface area contributed by atoms with E-state index in [1.807, 2.05) is 31.2 Å². The summed E-state index contributed by atoms with van der Waals surface area (Å²) in [5.41, 5.74) is 7.48. The molecule has 3 aromatic rings. The van der Waals surface area contributed by atoms with Crippen LogP contribution < -0.4 is 15.6 Å². The number of carbonyl (C=O) groups excluding carboxylic acids is 2. The average molecular weight is 396 g/mol. The van der Waals surface area contributed by atoms with Crippen LogP contribution >= 0.6 is 0 Å². The van der Waals surface area contributed by atoms with Gasteiger partial charge in [-0.2, -0.15) is 5.10 Å². The summed E-state index contributed by atoms with van der Waals surface area (Å²) in [6.07, 6.45) is 0.416. The van der Waals surface area contributed by atoms with E-state index in [1.54, 1.807) is 17.7 Å². The maximum absolute atomic E-state index is 13.6. The molecule has 2 amide bonds. The predicted molar refractivity (Wildman–Crippen MR) is 105 cm³/mol. The summed E-state index contributed by atoms with van der Waals surface area (Å²) in [6, 6.07) is 13.5. The molecule has 1 atom stereocenters. The van der Waals surface area contributed by atoms with Crippen LogP contribution in [0.25, 0.3) is 5.69 Å². The van der Waals surface area contributed by atoms with Crippen molar-refractivity contribution in [2.45, 2.75) is 26.9 Å². The van der Waals surface area contributed by atoms with Crippen molar-refractivity contribution in [3.63, 3.8) is 0 Å². The fraction of sp³-hybridized carbons (Fsp3) is 0.190. The molecule has 0 saturated heterocycles. The Morgan fingerprint density at radius 1 is 1.07 bits per heavy atom. The Morgan fingerprint density at radius 2 is 1.76 bits per heavy atom. The lowest BCUT2D eigenvalue weighted by Crippen LogP contribution is -2.47. The maximum atomic E-state index is 13.6. The molecule has 0 saturated carbocycles. The normalized spacial score (nSPS) is 11.6. The zero-order chi connectivity index (χ0) is 21.0. The van der Waals surface area contributed by atoms with Gasteiger partial charge in [0.2, 0.25) is 0 Å². The molecule has 0 aliphatic rings. The van der Waals surface area contributed by atoms with E-state index in [0.29, 0.717) is 11.3 Å². The Kier molecular flexibility index (Phi) is 5.92. The zero-order valence-electron chi connectivity index (χ0n) is 16.3. The number of aryl methyl sites for hydroxylation is 1. The van der Waals surface area contributed by atoms with Gasteiger partial charge in [-0.1, -0.05) is 29.8 Å². The molecule has 8 heteroatoms. The summed E-state index contributed by atoms with van der Waals surface area (Å²) >= 11 is 0. The fourth-order valence-electron chi connectivity index (χ4n) is 2.65. The number of ether oxygens (including phenoxy) is 1. The van der Waals surface area contributed by atoms with Crippen LogP contribution in [0.1, 0.15) is 28.5 Å². The molecule has 0 fully saturated rings. The van der Waals surface area contributed by atoms with E-state index < -0.39 is 23.7 Å². The quantitative estimate of drug-likeness (QED) is 0.650. The Hall–Kier alpha value is -3.68. The number of amides is 2. The number of hydrogen-bond donors (Lipinski definition) is 2. The molecule has 29 heavy (non-hydrogen) atoms. The molecular formula is C21H21FN4O3. The predicted octanol–water partition coefficient (Wildman–Crippen LogP) is 2.86. The zero-order valence-corrected chi connectivity index (χ0v) is 16.3. The van der Waals surface area contributed by atoms with Crippen molar-refractivity contribution >= 4 is 11.8 Å². The van der Waals surface area contributed by atoms with E-state index in [-0.39, 0.29) is 5.75 Å². The van der Waals surface area contributed by atoms with Gasteiger partial charge in [-0.3, -0.25) is 20.4 Å². The van der Waals surface area contributed by atoms with Crippen LogP contribution in [-0.2, 0) is 4.79 Å². The van der Waals surface area contributed by atoms with Crippen molar-refractivity contribution in [1.82, 2.24) is 20.6 Å². The Bertz CT molecular complexity index is 1030. The van der Waals surface area contributed by atoms with E-state index >= 15 is 0 Å². The monoisotopic (exact) mass is 396 g/mol. The minimum Gasteiger partial charge on any atom is -0.478 e. The van der Waals surface area contributed by atoms with E-state index in [4.69, 9.17) is 4.74 Å². The Labute approximate surface area is 167 Å². The standard InChI is InChI=1S/C21H21FN4O3/c1-13-8-10-16(11-9-13)26-14(2)17(12-23-26)21(28)25-24-20(27)15(3)29-19-7-5-4-6-18(19)22/h4-12,15H,1-3H3,(H,24,27)(H,25,28).